The van der Waals surface area contributed by atoms with Gasteiger partial charge in [0.15, 0.2) is 5.82 Å². The van der Waals surface area contributed by atoms with Crippen molar-refractivity contribution in [3.8, 4) is 0 Å². The number of aromatic carboxylic acids is 1. The van der Waals surface area contributed by atoms with E-state index in [0.717, 1.165) is 4.90 Å². The molecule has 0 atom stereocenters. The molecule has 0 fully saturated rings. The summed E-state index contributed by atoms with van der Waals surface area (Å²) in [7, 11) is 1.38. The molecule has 0 aliphatic heterocycles. The summed E-state index contributed by atoms with van der Waals surface area (Å²) in [6.07, 6.45) is -1.55. The molecule has 106 valence electrons. The van der Waals surface area contributed by atoms with Crippen LogP contribution in [-0.4, -0.2) is 41.3 Å². The number of carboxylic acid groups (broad SMARTS) is 1. The summed E-state index contributed by atoms with van der Waals surface area (Å²) in [6.45, 7) is 3.07. The van der Waals surface area contributed by atoms with Gasteiger partial charge in [0.1, 0.15) is 5.56 Å². The van der Waals surface area contributed by atoms with E-state index in [1.54, 1.807) is 6.92 Å². The number of rotatable bonds is 6. The summed E-state index contributed by atoms with van der Waals surface area (Å²) >= 11 is 0. The Morgan fingerprint density at radius 3 is 2.37 bits per heavy atom. The van der Waals surface area contributed by atoms with Crippen LogP contribution in [0, 0.1) is 0 Å². The zero-order valence-corrected chi connectivity index (χ0v) is 11.2. The van der Waals surface area contributed by atoms with Crippen molar-refractivity contribution in [2.45, 2.75) is 33.1 Å². The topological polar surface area (TPSA) is 66.3 Å². The molecule has 0 unspecified atom stereocenters. The van der Waals surface area contributed by atoms with Crippen LogP contribution < -0.4 is 4.90 Å². The summed E-state index contributed by atoms with van der Waals surface area (Å²) in [6, 6.07) is 0. The van der Waals surface area contributed by atoms with Crippen molar-refractivity contribution in [2.24, 2.45) is 0 Å². The first-order chi connectivity index (χ1) is 8.92. The van der Waals surface area contributed by atoms with Gasteiger partial charge in [0.05, 0.1) is 12.2 Å². The first-order valence-electron chi connectivity index (χ1n) is 6.03. The van der Waals surface area contributed by atoms with Gasteiger partial charge in [-0.25, -0.2) is 13.6 Å². The molecule has 0 radical (unpaired) electrons. The molecule has 1 N–H and O–H groups in total. The molecule has 1 aromatic rings. The lowest BCUT2D eigenvalue weighted by molar-refractivity contribution is 0.0695. The molecule has 0 aliphatic carbocycles. The predicted molar refractivity (Wildman–Crippen MR) is 67.0 cm³/mol. The molecule has 0 aliphatic rings. The molecule has 5 nitrogen and oxygen atoms in total. The largest absolute Gasteiger partial charge is 0.478 e. The SMILES string of the molecule is CCc1nnc(N(C)CC(F)F)c(C(=O)O)c1CC. The number of carbonyl (C=O) groups is 1. The average Bonchev–Trinajstić information content (AvgIpc) is 2.35. The molecule has 1 aromatic heterocycles. The number of halogens is 2. The van der Waals surface area contributed by atoms with Crippen molar-refractivity contribution < 1.29 is 18.7 Å². The van der Waals surface area contributed by atoms with Crippen LogP contribution in [0.4, 0.5) is 14.6 Å². The molecule has 7 heteroatoms. The highest BCUT2D eigenvalue weighted by Crippen LogP contribution is 2.23. The first-order valence-corrected chi connectivity index (χ1v) is 6.03. The van der Waals surface area contributed by atoms with E-state index < -0.39 is 18.9 Å². The molecule has 0 amide bonds. The lowest BCUT2D eigenvalue weighted by Crippen LogP contribution is -2.28. The van der Waals surface area contributed by atoms with Gasteiger partial charge in [-0.1, -0.05) is 13.8 Å². The van der Waals surface area contributed by atoms with Gasteiger partial charge in [0.2, 0.25) is 0 Å². The van der Waals surface area contributed by atoms with Crippen molar-refractivity contribution in [1.29, 1.82) is 0 Å². The highest BCUT2D eigenvalue weighted by Gasteiger charge is 2.23. The van der Waals surface area contributed by atoms with Crippen LogP contribution in [0.5, 0.6) is 0 Å². The standard InChI is InChI=1S/C12H17F2N3O2/c1-4-7-8(5-2)15-16-11(10(7)12(18)19)17(3)6-9(13)14/h9H,4-6H2,1-3H3,(H,18,19). The fourth-order valence-corrected chi connectivity index (χ4v) is 1.95. The molecule has 0 spiro atoms. The average molecular weight is 273 g/mol. The van der Waals surface area contributed by atoms with Gasteiger partial charge in [-0.2, -0.15) is 5.10 Å². The quantitative estimate of drug-likeness (QED) is 0.858. The van der Waals surface area contributed by atoms with Crippen LogP contribution in [0.1, 0.15) is 35.5 Å². The van der Waals surface area contributed by atoms with Crippen LogP contribution in [0.15, 0.2) is 0 Å². The van der Waals surface area contributed by atoms with Crippen LogP contribution in [-0.2, 0) is 12.8 Å². The highest BCUT2D eigenvalue weighted by molar-refractivity contribution is 5.95. The Labute approximate surface area is 110 Å². The molecule has 0 saturated heterocycles. The third kappa shape index (κ3) is 3.36. The number of anilines is 1. The maximum atomic E-state index is 12.4. The van der Waals surface area contributed by atoms with Crippen LogP contribution in [0.2, 0.25) is 0 Å². The molecule has 0 aromatic carbocycles. The fourth-order valence-electron chi connectivity index (χ4n) is 1.95. The Bertz CT molecular complexity index is 467. The Hall–Kier alpha value is -1.79. The monoisotopic (exact) mass is 273 g/mol. The van der Waals surface area contributed by atoms with E-state index in [9.17, 15) is 18.7 Å². The Morgan fingerprint density at radius 1 is 1.32 bits per heavy atom. The molecular weight excluding hydrogens is 256 g/mol. The molecule has 0 saturated carbocycles. The van der Waals surface area contributed by atoms with Gasteiger partial charge in [0.25, 0.3) is 6.43 Å². The highest BCUT2D eigenvalue weighted by atomic mass is 19.3. The second kappa shape index (κ2) is 6.40. The normalized spacial score (nSPS) is 10.8. The first kappa shape index (κ1) is 15.3. The molecule has 1 heterocycles. The Morgan fingerprint density at radius 2 is 1.95 bits per heavy atom. The van der Waals surface area contributed by atoms with Crippen molar-refractivity contribution in [2.75, 3.05) is 18.5 Å². The maximum absolute atomic E-state index is 12.4. The van der Waals surface area contributed by atoms with E-state index in [2.05, 4.69) is 10.2 Å². The smallest absolute Gasteiger partial charge is 0.339 e. The third-order valence-electron chi connectivity index (χ3n) is 2.81. The zero-order valence-electron chi connectivity index (χ0n) is 11.2. The molecule has 1 rings (SSSR count). The number of alkyl halides is 2. The van der Waals surface area contributed by atoms with Gasteiger partial charge in [-0.3, -0.25) is 0 Å². The van der Waals surface area contributed by atoms with Crippen LogP contribution in [0.3, 0.4) is 0 Å². The minimum atomic E-state index is -2.57. The van der Waals surface area contributed by atoms with Crippen molar-refractivity contribution in [3.05, 3.63) is 16.8 Å². The van der Waals surface area contributed by atoms with Gasteiger partial charge in [-0.05, 0) is 18.4 Å². The van der Waals surface area contributed by atoms with Crippen LogP contribution >= 0.6 is 0 Å². The second-order valence-corrected chi connectivity index (χ2v) is 4.11. The van der Waals surface area contributed by atoms with Crippen LogP contribution in [0.25, 0.3) is 0 Å². The number of aryl methyl sites for hydroxylation is 1. The van der Waals surface area contributed by atoms with Gasteiger partial charge >= 0.3 is 5.97 Å². The minimum absolute atomic E-state index is 0.0122. The molecular formula is C12H17F2N3O2. The third-order valence-corrected chi connectivity index (χ3v) is 2.81. The summed E-state index contributed by atoms with van der Waals surface area (Å²) in [5.41, 5.74) is 1.12. The Kier molecular flexibility index (Phi) is 5.14. The molecule has 19 heavy (non-hydrogen) atoms. The lowest BCUT2D eigenvalue weighted by atomic mass is 10.0. The number of aromatic nitrogens is 2. The molecule has 0 bridgehead atoms. The Balaban J connectivity index is 3.35. The van der Waals surface area contributed by atoms with E-state index in [1.165, 1.54) is 7.05 Å². The number of hydrogen-bond donors (Lipinski definition) is 1. The summed E-state index contributed by atoms with van der Waals surface area (Å²) in [5, 5.41) is 17.0. The zero-order chi connectivity index (χ0) is 14.6. The van der Waals surface area contributed by atoms with Crippen molar-refractivity contribution in [3.63, 3.8) is 0 Å². The second-order valence-electron chi connectivity index (χ2n) is 4.11. The van der Waals surface area contributed by atoms with Crippen molar-refractivity contribution in [1.82, 2.24) is 10.2 Å². The summed E-state index contributed by atoms with van der Waals surface area (Å²) < 4.78 is 24.8. The van der Waals surface area contributed by atoms with E-state index in [0.29, 0.717) is 24.1 Å². The predicted octanol–water partition coefficient (Wildman–Crippen LogP) is 2.00. The summed E-state index contributed by atoms with van der Waals surface area (Å²) in [4.78, 5) is 12.5. The van der Waals surface area contributed by atoms with Gasteiger partial charge < -0.3 is 10.0 Å². The maximum Gasteiger partial charge on any atom is 0.339 e. The fraction of sp³-hybridized carbons (Fsp3) is 0.583. The van der Waals surface area contributed by atoms with E-state index >= 15 is 0 Å². The number of carboxylic acids is 1. The van der Waals surface area contributed by atoms with Gasteiger partial charge in [-0.15, -0.1) is 5.10 Å². The van der Waals surface area contributed by atoms with Crippen molar-refractivity contribution >= 4 is 11.8 Å². The lowest BCUT2D eigenvalue weighted by Gasteiger charge is -2.21. The minimum Gasteiger partial charge on any atom is -0.478 e. The van der Waals surface area contributed by atoms with E-state index in [4.69, 9.17) is 0 Å². The summed E-state index contributed by atoms with van der Waals surface area (Å²) in [5.74, 6) is -1.18. The number of hydrogen-bond acceptors (Lipinski definition) is 4. The number of nitrogens with zero attached hydrogens (tertiary/aromatic N) is 3. The van der Waals surface area contributed by atoms with E-state index in [-0.39, 0.29) is 11.4 Å². The van der Waals surface area contributed by atoms with E-state index in [1.807, 2.05) is 6.92 Å². The van der Waals surface area contributed by atoms with Gasteiger partial charge in [0, 0.05) is 7.05 Å².